The van der Waals surface area contributed by atoms with Gasteiger partial charge in [-0.3, -0.25) is 39.0 Å². The zero-order valence-corrected chi connectivity index (χ0v) is 44.0. The number of aliphatic hydroxyl groups is 1. The first kappa shape index (κ1) is 54.9. The minimum atomic E-state index is -2.27. The number of benzene rings is 6. The monoisotopic (exact) mass is 1100 g/mol. The van der Waals surface area contributed by atoms with Gasteiger partial charge in [0.05, 0.1) is 62.7 Å². The van der Waals surface area contributed by atoms with Crippen molar-refractivity contribution in [3.8, 4) is 17.6 Å². The van der Waals surface area contributed by atoms with Gasteiger partial charge in [-0.15, -0.1) is 0 Å². The third-order valence-corrected chi connectivity index (χ3v) is 15.0. The first-order valence-corrected chi connectivity index (χ1v) is 26.1. The fourth-order valence-electron chi connectivity index (χ4n) is 11.4. The molecule has 10 rings (SSSR count). The SMILES string of the molecule is COC(=O)C(CC#Cc1ccc2c(c1)[C@]1(C(=O)N2C(=O)OCc2ccc([N+](=O)[O-])cc2)[C@H](c2ccc(OCCO)cc2)N2[C@H](c3ccccc3)[C@H](c3ccccc3)OC(=O)[C@H]2[C@@H]1C(=O)Nc1ccc(N2CCOCC2)cc1)C(=O)OC. The summed E-state index contributed by atoms with van der Waals surface area (Å²) in [6.45, 7) is 1.62. The lowest BCUT2D eigenvalue weighted by Gasteiger charge is -2.46. The van der Waals surface area contributed by atoms with Crippen molar-refractivity contribution >= 4 is 58.6 Å². The van der Waals surface area contributed by atoms with Crippen LogP contribution in [0.3, 0.4) is 0 Å². The van der Waals surface area contributed by atoms with E-state index in [2.05, 4.69) is 22.1 Å². The molecular weight excluding hydrogens is 1040 g/mol. The van der Waals surface area contributed by atoms with Crippen molar-refractivity contribution in [3.05, 3.63) is 195 Å². The van der Waals surface area contributed by atoms with Gasteiger partial charge in [0, 0.05) is 48.6 Å². The number of aliphatic hydroxyl groups excluding tert-OH is 1. The molecule has 4 heterocycles. The molecule has 3 fully saturated rings. The normalized spacial score (nSPS) is 21.0. The molecule has 4 aliphatic heterocycles. The van der Waals surface area contributed by atoms with Crippen LogP contribution in [0.5, 0.6) is 5.75 Å². The molecule has 0 aromatic heterocycles. The molecule has 3 saturated heterocycles. The minimum Gasteiger partial charge on any atom is -0.491 e. The van der Waals surface area contributed by atoms with Crippen LogP contribution in [0.4, 0.5) is 27.5 Å². The van der Waals surface area contributed by atoms with E-state index in [1.165, 1.54) is 36.4 Å². The first-order chi connectivity index (χ1) is 39.4. The van der Waals surface area contributed by atoms with E-state index in [1.807, 2.05) is 77.7 Å². The lowest BCUT2D eigenvalue weighted by Crippen LogP contribution is -2.54. The van der Waals surface area contributed by atoms with Gasteiger partial charge in [-0.1, -0.05) is 84.6 Å². The summed E-state index contributed by atoms with van der Waals surface area (Å²) < 4.78 is 33.6. The lowest BCUT2D eigenvalue weighted by molar-refractivity contribution is -0.384. The Morgan fingerprint density at radius 1 is 0.802 bits per heavy atom. The Morgan fingerprint density at radius 3 is 2.09 bits per heavy atom. The fourth-order valence-corrected chi connectivity index (χ4v) is 11.4. The third-order valence-electron chi connectivity index (χ3n) is 15.0. The molecule has 0 unspecified atom stereocenters. The lowest BCUT2D eigenvalue weighted by atomic mass is 9.65. The Balaban J connectivity index is 1.21. The number of fused-ring (bicyclic) bond motifs is 3. The molecule has 81 heavy (non-hydrogen) atoms. The third kappa shape index (κ3) is 10.6. The number of hydrogen-bond acceptors (Lipinski definition) is 17. The predicted octanol–water partition coefficient (Wildman–Crippen LogP) is 7.15. The largest absolute Gasteiger partial charge is 0.491 e. The molecule has 4 aliphatic rings. The van der Waals surface area contributed by atoms with Crippen LogP contribution < -0.4 is 19.9 Å². The molecule has 20 nitrogen and oxygen atoms in total. The molecular formula is C61H55N5O15. The number of nitrogens with zero attached hydrogens (tertiary/aromatic N) is 4. The Morgan fingerprint density at radius 2 is 1.46 bits per heavy atom. The van der Waals surface area contributed by atoms with Gasteiger partial charge in [0.1, 0.15) is 36.5 Å². The maximum atomic E-state index is 16.8. The second kappa shape index (κ2) is 23.9. The van der Waals surface area contributed by atoms with Crippen molar-refractivity contribution in [3.63, 3.8) is 0 Å². The second-order valence-corrected chi connectivity index (χ2v) is 19.5. The van der Waals surface area contributed by atoms with E-state index in [0.29, 0.717) is 60.0 Å². The Kier molecular flexibility index (Phi) is 16.2. The quantitative estimate of drug-likeness (QED) is 0.0259. The van der Waals surface area contributed by atoms with Gasteiger partial charge < -0.3 is 43.7 Å². The number of methoxy groups -OCH3 is 2. The van der Waals surface area contributed by atoms with E-state index in [9.17, 15) is 24.8 Å². The molecule has 1 spiro atoms. The van der Waals surface area contributed by atoms with Crippen LogP contribution in [0.2, 0.25) is 0 Å². The number of cyclic esters (lactones) is 1. The number of imide groups is 1. The number of nitro groups is 1. The van der Waals surface area contributed by atoms with Crippen molar-refractivity contribution in [1.29, 1.82) is 0 Å². The highest BCUT2D eigenvalue weighted by Gasteiger charge is 2.76. The summed E-state index contributed by atoms with van der Waals surface area (Å²) in [5.74, 6) is -1.24. The highest BCUT2D eigenvalue weighted by Crippen LogP contribution is 2.66. The Hall–Kier alpha value is -9.42. The van der Waals surface area contributed by atoms with Gasteiger partial charge in [-0.25, -0.2) is 9.69 Å². The van der Waals surface area contributed by atoms with Gasteiger partial charge >= 0.3 is 24.0 Å². The summed E-state index contributed by atoms with van der Waals surface area (Å²) in [5, 5.41) is 24.3. The van der Waals surface area contributed by atoms with E-state index in [4.69, 9.17) is 28.4 Å². The van der Waals surface area contributed by atoms with Crippen LogP contribution in [0.25, 0.3) is 0 Å². The maximum absolute atomic E-state index is 16.8. The van der Waals surface area contributed by atoms with Gasteiger partial charge in [0.2, 0.25) is 11.8 Å². The van der Waals surface area contributed by atoms with E-state index < -0.39 is 88.8 Å². The standard InChI is InChI=1S/C61H55N5O15/c1-76-56(69)47(57(70)77-2)15-9-10-38-18-29-49-48(36-38)61(59(72)64(49)60(73)80-37-39-16-23-45(24-17-39)66(74)75)50(55(68)62-43-21-25-44(26-22-43)63-30-33-78-34-31-63)52-58(71)81-53(41-13-7-4-8-14-41)51(40-11-5-3-6-12-40)65(52)54(61)42-19-27-46(28-20-42)79-35-32-67/h3-8,11-14,16-29,36,47,50-54,67H,15,30-35,37H2,1-2H3,(H,62,68)/t50-,51-,52-,53+,54+,61-/m1/s1. The molecule has 0 saturated carbocycles. The van der Waals surface area contributed by atoms with Crippen LogP contribution >= 0.6 is 0 Å². The number of non-ortho nitro benzene ring substituents is 1. The first-order valence-electron chi connectivity index (χ1n) is 26.1. The number of amides is 3. The number of carbonyl (C=O) groups excluding carboxylic acids is 6. The van der Waals surface area contributed by atoms with Crippen molar-refractivity contribution in [2.24, 2.45) is 11.8 Å². The van der Waals surface area contributed by atoms with Gasteiger partial charge in [-0.2, -0.15) is 0 Å². The molecule has 6 atom stereocenters. The minimum absolute atomic E-state index is 0.0223. The molecule has 0 bridgehead atoms. The van der Waals surface area contributed by atoms with E-state index in [0.717, 1.165) is 24.8 Å². The van der Waals surface area contributed by atoms with Gasteiger partial charge in [0.15, 0.2) is 5.92 Å². The van der Waals surface area contributed by atoms with Gasteiger partial charge in [0.25, 0.3) is 5.69 Å². The molecule has 6 aromatic rings. The summed E-state index contributed by atoms with van der Waals surface area (Å²) in [6.07, 6.45) is -2.55. The van der Waals surface area contributed by atoms with Crippen molar-refractivity contribution in [1.82, 2.24) is 4.90 Å². The highest BCUT2D eigenvalue weighted by atomic mass is 16.6. The van der Waals surface area contributed by atoms with E-state index in [-0.39, 0.29) is 42.1 Å². The number of nitrogens with one attached hydrogen (secondary N) is 1. The van der Waals surface area contributed by atoms with E-state index >= 15 is 19.2 Å². The van der Waals surface area contributed by atoms with Crippen molar-refractivity contribution in [2.75, 3.05) is 68.9 Å². The number of nitro benzene ring substituents is 1. The molecule has 20 heteroatoms. The number of hydrogen-bond donors (Lipinski definition) is 2. The van der Waals surface area contributed by atoms with E-state index in [1.54, 1.807) is 42.5 Å². The predicted molar refractivity (Wildman–Crippen MR) is 291 cm³/mol. The molecule has 0 radical (unpaired) electrons. The summed E-state index contributed by atoms with van der Waals surface area (Å²) in [6, 6.07) is 38.2. The topological polar surface area (TPSA) is 243 Å². The average Bonchev–Trinajstić information content (AvgIpc) is 1.88. The average molecular weight is 1100 g/mol. The second-order valence-electron chi connectivity index (χ2n) is 19.5. The number of rotatable bonds is 15. The van der Waals surface area contributed by atoms with Crippen molar-refractivity contribution in [2.45, 2.75) is 42.7 Å². The van der Waals surface area contributed by atoms with Crippen LogP contribution in [0.1, 0.15) is 58.0 Å². The number of morpholine rings is 2. The van der Waals surface area contributed by atoms with Crippen LogP contribution in [-0.4, -0.2) is 111 Å². The Labute approximate surface area is 465 Å². The summed E-state index contributed by atoms with van der Waals surface area (Å²) in [7, 11) is 2.25. The smallest absolute Gasteiger partial charge is 0.421 e. The van der Waals surface area contributed by atoms with Crippen LogP contribution in [0, 0.1) is 33.8 Å². The zero-order chi connectivity index (χ0) is 56.8. The Bertz CT molecular complexity index is 3390. The molecule has 2 N–H and O–H groups in total. The fraction of sp³-hybridized carbons (Fsp3) is 0.279. The van der Waals surface area contributed by atoms with Crippen molar-refractivity contribution < 1.29 is 67.2 Å². The highest BCUT2D eigenvalue weighted by molar-refractivity contribution is 6.24. The van der Waals surface area contributed by atoms with Crippen LogP contribution in [-0.2, 0) is 59.7 Å². The van der Waals surface area contributed by atoms with Crippen LogP contribution in [0.15, 0.2) is 152 Å². The zero-order valence-electron chi connectivity index (χ0n) is 44.0. The summed E-state index contributed by atoms with van der Waals surface area (Å²) in [5.41, 5.74) is 1.04. The number of esters is 3. The molecule has 414 valence electrons. The number of ether oxygens (including phenoxy) is 6. The van der Waals surface area contributed by atoms with Gasteiger partial charge in [-0.05, 0) is 94.5 Å². The molecule has 3 amide bonds. The molecule has 0 aliphatic carbocycles. The number of carbonyl (C=O) groups is 6. The maximum Gasteiger partial charge on any atom is 0.421 e. The summed E-state index contributed by atoms with van der Waals surface area (Å²) >= 11 is 0. The number of anilines is 3. The molecule has 6 aromatic carbocycles. The summed E-state index contributed by atoms with van der Waals surface area (Å²) in [4.78, 5) is 105.